The number of ether oxygens (including phenoxy) is 1. The van der Waals surface area contributed by atoms with Crippen LogP contribution in [-0.4, -0.2) is 23.1 Å². The lowest BCUT2D eigenvalue weighted by molar-refractivity contribution is 0.183. The third-order valence-corrected chi connectivity index (χ3v) is 2.73. The Morgan fingerprint density at radius 3 is 3.00 bits per heavy atom. The monoisotopic (exact) mass is 219 g/mol. The number of imidazole rings is 1. The van der Waals surface area contributed by atoms with Gasteiger partial charge < -0.3 is 10.5 Å². The van der Waals surface area contributed by atoms with Gasteiger partial charge in [0.1, 0.15) is 11.5 Å². The van der Waals surface area contributed by atoms with Crippen LogP contribution in [0.4, 0.5) is 5.82 Å². The van der Waals surface area contributed by atoms with Gasteiger partial charge in [-0.05, 0) is 24.6 Å². The van der Waals surface area contributed by atoms with Crippen molar-refractivity contribution in [2.24, 2.45) is 0 Å². The summed E-state index contributed by atoms with van der Waals surface area (Å²) >= 11 is 0. The van der Waals surface area contributed by atoms with Crippen molar-refractivity contribution in [3.63, 3.8) is 0 Å². The third-order valence-electron chi connectivity index (χ3n) is 2.73. The van der Waals surface area contributed by atoms with Crippen LogP contribution in [0.3, 0.4) is 0 Å². The van der Waals surface area contributed by atoms with Crippen molar-refractivity contribution in [3.05, 3.63) is 29.6 Å². The summed E-state index contributed by atoms with van der Waals surface area (Å²) in [7, 11) is 1.69. The number of methoxy groups -OCH3 is 1. The summed E-state index contributed by atoms with van der Waals surface area (Å²) in [6, 6.07) is 4.05. The Hall–Kier alpha value is -1.55. The van der Waals surface area contributed by atoms with E-state index in [1.807, 2.05) is 29.7 Å². The molecule has 0 amide bonds. The molecule has 0 aliphatic carbocycles. The van der Waals surface area contributed by atoms with Crippen LogP contribution >= 0.6 is 0 Å². The number of nitrogens with two attached hydrogens (primary N) is 1. The normalized spacial score (nSPS) is 13.2. The van der Waals surface area contributed by atoms with Crippen molar-refractivity contribution in [3.8, 4) is 0 Å². The molecule has 1 atom stereocenters. The maximum absolute atomic E-state index is 6.07. The number of aromatic nitrogens is 2. The number of pyridine rings is 1. The summed E-state index contributed by atoms with van der Waals surface area (Å²) in [5.41, 5.74) is 9.06. The molecule has 0 aliphatic rings. The van der Waals surface area contributed by atoms with Gasteiger partial charge in [0.05, 0.1) is 12.3 Å². The molecule has 4 heteroatoms. The van der Waals surface area contributed by atoms with E-state index >= 15 is 0 Å². The van der Waals surface area contributed by atoms with E-state index in [1.54, 1.807) is 7.11 Å². The van der Waals surface area contributed by atoms with Crippen LogP contribution in [0, 0.1) is 6.92 Å². The minimum Gasteiger partial charge on any atom is -0.384 e. The molecule has 0 saturated heterocycles. The van der Waals surface area contributed by atoms with Crippen LogP contribution in [0.1, 0.15) is 24.1 Å². The van der Waals surface area contributed by atoms with E-state index in [9.17, 15) is 0 Å². The van der Waals surface area contributed by atoms with Gasteiger partial charge in [0, 0.05) is 19.2 Å². The molecular weight excluding hydrogens is 202 g/mol. The number of anilines is 1. The molecule has 0 spiro atoms. The second-order valence-corrected chi connectivity index (χ2v) is 4.17. The van der Waals surface area contributed by atoms with E-state index in [0.717, 1.165) is 11.3 Å². The maximum Gasteiger partial charge on any atom is 0.138 e. The highest BCUT2D eigenvalue weighted by atomic mass is 16.5. The predicted octanol–water partition coefficient (Wildman–Crippen LogP) is 1.97. The number of hydrogen-bond donors (Lipinski definition) is 1. The van der Waals surface area contributed by atoms with Crippen molar-refractivity contribution in [1.29, 1.82) is 0 Å². The molecule has 2 aromatic rings. The van der Waals surface area contributed by atoms with Crippen molar-refractivity contribution in [2.75, 3.05) is 19.5 Å². The van der Waals surface area contributed by atoms with Gasteiger partial charge in [0.25, 0.3) is 0 Å². The van der Waals surface area contributed by atoms with Crippen LogP contribution in [0.15, 0.2) is 18.3 Å². The number of nitrogens with zero attached hydrogens (tertiary/aromatic N) is 2. The Kier molecular flexibility index (Phi) is 2.83. The average molecular weight is 219 g/mol. The number of rotatable bonds is 3. The van der Waals surface area contributed by atoms with Gasteiger partial charge in [-0.15, -0.1) is 0 Å². The minimum atomic E-state index is 0.213. The summed E-state index contributed by atoms with van der Waals surface area (Å²) in [6.45, 7) is 4.74. The maximum atomic E-state index is 6.07. The Morgan fingerprint density at radius 1 is 1.56 bits per heavy atom. The van der Waals surface area contributed by atoms with E-state index < -0.39 is 0 Å². The standard InChI is InChI=1S/C12H17N3O/c1-8-4-5-15-10(6-8)14-11(12(15)13)9(2)7-16-3/h4-6,9H,7,13H2,1-3H3. The summed E-state index contributed by atoms with van der Waals surface area (Å²) < 4.78 is 7.04. The van der Waals surface area contributed by atoms with Gasteiger partial charge in [0.15, 0.2) is 0 Å². The van der Waals surface area contributed by atoms with Crippen molar-refractivity contribution in [2.45, 2.75) is 19.8 Å². The van der Waals surface area contributed by atoms with Crippen LogP contribution in [0.25, 0.3) is 5.65 Å². The number of fused-ring (bicyclic) bond motifs is 1. The highest BCUT2D eigenvalue weighted by molar-refractivity contribution is 5.54. The third kappa shape index (κ3) is 1.76. The second kappa shape index (κ2) is 4.14. The zero-order valence-electron chi connectivity index (χ0n) is 9.90. The minimum absolute atomic E-state index is 0.213. The van der Waals surface area contributed by atoms with E-state index in [2.05, 4.69) is 11.9 Å². The number of aryl methyl sites for hydroxylation is 1. The fourth-order valence-electron chi connectivity index (χ4n) is 1.88. The summed E-state index contributed by atoms with van der Waals surface area (Å²) in [6.07, 6.45) is 1.95. The van der Waals surface area contributed by atoms with Crippen LogP contribution < -0.4 is 5.73 Å². The van der Waals surface area contributed by atoms with Gasteiger partial charge in [0.2, 0.25) is 0 Å². The molecule has 0 saturated carbocycles. The van der Waals surface area contributed by atoms with Gasteiger partial charge in [-0.1, -0.05) is 6.92 Å². The molecule has 2 rings (SSSR count). The Balaban J connectivity index is 2.51. The molecule has 0 bridgehead atoms. The zero-order valence-corrected chi connectivity index (χ0v) is 9.90. The molecule has 86 valence electrons. The van der Waals surface area contributed by atoms with Gasteiger partial charge in [-0.25, -0.2) is 4.98 Å². The molecule has 2 heterocycles. The highest BCUT2D eigenvalue weighted by Gasteiger charge is 2.15. The Morgan fingerprint density at radius 2 is 2.31 bits per heavy atom. The van der Waals surface area contributed by atoms with E-state index in [4.69, 9.17) is 10.5 Å². The quantitative estimate of drug-likeness (QED) is 0.858. The van der Waals surface area contributed by atoms with Crippen LogP contribution in [0.2, 0.25) is 0 Å². The molecular formula is C12H17N3O. The van der Waals surface area contributed by atoms with Gasteiger partial charge in [-0.3, -0.25) is 4.40 Å². The van der Waals surface area contributed by atoms with Gasteiger partial charge >= 0.3 is 0 Å². The lowest BCUT2D eigenvalue weighted by atomic mass is 10.1. The van der Waals surface area contributed by atoms with Crippen LogP contribution in [0.5, 0.6) is 0 Å². The van der Waals surface area contributed by atoms with E-state index in [0.29, 0.717) is 12.4 Å². The molecule has 0 fully saturated rings. The summed E-state index contributed by atoms with van der Waals surface area (Å²) in [5, 5.41) is 0. The molecule has 4 nitrogen and oxygen atoms in total. The average Bonchev–Trinajstić information content (AvgIpc) is 2.56. The van der Waals surface area contributed by atoms with E-state index in [1.165, 1.54) is 5.56 Å². The van der Waals surface area contributed by atoms with E-state index in [-0.39, 0.29) is 5.92 Å². The topological polar surface area (TPSA) is 52.5 Å². The molecule has 2 N–H and O–H groups in total. The zero-order chi connectivity index (χ0) is 11.7. The molecule has 1 unspecified atom stereocenters. The molecule has 0 radical (unpaired) electrons. The summed E-state index contributed by atoms with van der Waals surface area (Å²) in [4.78, 5) is 4.55. The smallest absolute Gasteiger partial charge is 0.138 e. The predicted molar refractivity (Wildman–Crippen MR) is 64.6 cm³/mol. The van der Waals surface area contributed by atoms with Crippen molar-refractivity contribution >= 4 is 11.5 Å². The molecule has 16 heavy (non-hydrogen) atoms. The first kappa shape index (κ1) is 11.0. The first-order valence-electron chi connectivity index (χ1n) is 5.36. The second-order valence-electron chi connectivity index (χ2n) is 4.17. The fourth-order valence-corrected chi connectivity index (χ4v) is 1.88. The SMILES string of the molecule is COCC(C)c1nc2cc(C)ccn2c1N. The van der Waals surface area contributed by atoms with Gasteiger partial charge in [-0.2, -0.15) is 0 Å². The molecule has 0 aromatic carbocycles. The number of hydrogen-bond acceptors (Lipinski definition) is 3. The highest BCUT2D eigenvalue weighted by Crippen LogP contribution is 2.23. The summed E-state index contributed by atoms with van der Waals surface area (Å²) in [5.74, 6) is 0.921. The molecule has 2 aromatic heterocycles. The van der Waals surface area contributed by atoms with Crippen molar-refractivity contribution in [1.82, 2.24) is 9.38 Å². The lowest BCUT2D eigenvalue weighted by Crippen LogP contribution is -2.05. The van der Waals surface area contributed by atoms with Crippen molar-refractivity contribution < 1.29 is 4.74 Å². The number of nitrogen functional groups attached to an aromatic ring is 1. The van der Waals surface area contributed by atoms with Crippen LogP contribution in [-0.2, 0) is 4.74 Å². The first-order chi connectivity index (χ1) is 7.63. The Labute approximate surface area is 95.0 Å². The molecule has 0 aliphatic heterocycles. The largest absolute Gasteiger partial charge is 0.384 e. The lowest BCUT2D eigenvalue weighted by Gasteiger charge is -2.07. The Bertz CT molecular complexity index is 504. The first-order valence-corrected chi connectivity index (χ1v) is 5.36. The fraction of sp³-hybridized carbons (Fsp3) is 0.417.